The van der Waals surface area contributed by atoms with E-state index in [4.69, 9.17) is 0 Å². The molecule has 1 aromatic carbocycles. The Kier molecular flexibility index (Phi) is 5.31. The number of hydrogen-bond acceptors (Lipinski definition) is 4. The van der Waals surface area contributed by atoms with Crippen LogP contribution in [-0.2, 0) is 16.4 Å². The summed E-state index contributed by atoms with van der Waals surface area (Å²) in [7, 11) is -0.139. The molecule has 0 bridgehead atoms. The molecule has 1 fully saturated rings. The molecule has 2 heterocycles. The lowest BCUT2D eigenvalue weighted by atomic mass is 9.93. The highest BCUT2D eigenvalue weighted by atomic mass is 32.2. The largest absolute Gasteiger partial charge is 0.345 e. The number of aromatic nitrogens is 2. The Bertz CT molecular complexity index is 1060. The number of piperidine rings is 1. The Morgan fingerprint density at radius 1 is 1.24 bits per heavy atom. The number of sulfonamides is 1. The van der Waals surface area contributed by atoms with Gasteiger partial charge in [-0.2, -0.15) is 9.40 Å². The van der Waals surface area contributed by atoms with Crippen molar-refractivity contribution in [2.24, 2.45) is 0 Å². The molecule has 1 aromatic heterocycles. The number of carbonyl (C=O) groups excluding carboxylic acids is 1. The zero-order chi connectivity index (χ0) is 20.6. The molecule has 1 amide bonds. The lowest BCUT2D eigenvalue weighted by Crippen LogP contribution is -2.40. The maximum Gasteiger partial charge on any atom is 0.256 e. The molecule has 1 aliphatic heterocycles. The number of hydrogen-bond donors (Lipinski definition) is 1. The highest BCUT2D eigenvalue weighted by molar-refractivity contribution is 7.93. The number of aryl methyl sites for hydroxylation is 1. The molecule has 1 atom stereocenters. The van der Waals surface area contributed by atoms with Crippen molar-refractivity contribution in [3.8, 4) is 0 Å². The molecule has 0 unspecified atom stereocenters. The fraction of sp³-hybridized carbons (Fsp3) is 0.429. The Morgan fingerprint density at radius 2 is 2.03 bits per heavy atom. The van der Waals surface area contributed by atoms with Gasteiger partial charge in [0.05, 0.1) is 22.4 Å². The van der Waals surface area contributed by atoms with E-state index in [1.165, 1.54) is 16.7 Å². The average molecular weight is 415 g/mol. The van der Waals surface area contributed by atoms with Crippen LogP contribution in [0.1, 0.15) is 52.4 Å². The van der Waals surface area contributed by atoms with Crippen molar-refractivity contribution in [2.75, 3.05) is 27.2 Å². The second-order valence-electron chi connectivity index (χ2n) is 7.91. The predicted octanol–water partition coefficient (Wildman–Crippen LogP) is 2.61. The van der Waals surface area contributed by atoms with Crippen molar-refractivity contribution in [1.82, 2.24) is 19.4 Å². The van der Waals surface area contributed by atoms with E-state index in [1.54, 1.807) is 18.4 Å². The van der Waals surface area contributed by atoms with Crippen molar-refractivity contribution >= 4 is 22.0 Å². The molecule has 0 saturated carbocycles. The fourth-order valence-electron chi connectivity index (χ4n) is 4.19. The van der Waals surface area contributed by atoms with E-state index in [0.29, 0.717) is 30.0 Å². The van der Waals surface area contributed by atoms with E-state index in [-0.39, 0.29) is 11.8 Å². The number of nitrogens with zero attached hydrogens (tertiary/aromatic N) is 3. The summed E-state index contributed by atoms with van der Waals surface area (Å²) in [6.45, 7) is 0.861. The minimum atomic E-state index is -3.54. The number of allylic oxidation sites excluding steroid dienone is 1. The first-order valence-corrected chi connectivity index (χ1v) is 11.4. The molecule has 8 heteroatoms. The summed E-state index contributed by atoms with van der Waals surface area (Å²) in [5, 5.41) is 6.99. The summed E-state index contributed by atoms with van der Waals surface area (Å²) >= 11 is 0. The van der Waals surface area contributed by atoms with E-state index in [1.807, 2.05) is 30.3 Å². The highest BCUT2D eigenvalue weighted by Gasteiger charge is 2.35. The first-order chi connectivity index (χ1) is 13.9. The first-order valence-electron chi connectivity index (χ1n) is 9.91. The van der Waals surface area contributed by atoms with Gasteiger partial charge in [0.25, 0.3) is 5.91 Å². The molecule has 1 saturated heterocycles. The zero-order valence-electron chi connectivity index (χ0n) is 16.8. The van der Waals surface area contributed by atoms with E-state index in [0.717, 1.165) is 30.5 Å². The van der Waals surface area contributed by atoms with E-state index >= 15 is 0 Å². The second-order valence-corrected chi connectivity index (χ2v) is 9.90. The summed E-state index contributed by atoms with van der Waals surface area (Å²) in [5.74, 6) is -0.197. The van der Waals surface area contributed by atoms with Crippen LogP contribution in [0, 0.1) is 0 Å². The number of H-pyrrole nitrogens is 1. The van der Waals surface area contributed by atoms with Gasteiger partial charge in [0.2, 0.25) is 10.0 Å². The number of fused-ring (bicyclic) bond motifs is 1. The molecule has 1 N–H and O–H groups in total. The molecule has 1 aliphatic carbocycles. The molecule has 7 nitrogen and oxygen atoms in total. The summed E-state index contributed by atoms with van der Waals surface area (Å²) in [5.41, 5.74) is 3.42. The van der Waals surface area contributed by atoms with E-state index in [9.17, 15) is 13.2 Å². The van der Waals surface area contributed by atoms with Gasteiger partial charge in [-0.25, -0.2) is 8.42 Å². The first kappa shape index (κ1) is 19.8. The average Bonchev–Trinajstić information content (AvgIpc) is 3.22. The number of carbonyl (C=O) groups is 1. The van der Waals surface area contributed by atoms with Crippen molar-refractivity contribution < 1.29 is 13.2 Å². The van der Waals surface area contributed by atoms with Gasteiger partial charge in [-0.3, -0.25) is 9.89 Å². The van der Waals surface area contributed by atoms with Crippen molar-refractivity contribution in [3.05, 3.63) is 57.8 Å². The number of amides is 1. The van der Waals surface area contributed by atoms with Gasteiger partial charge in [0.1, 0.15) is 0 Å². The van der Waals surface area contributed by atoms with Gasteiger partial charge in [-0.1, -0.05) is 24.3 Å². The van der Waals surface area contributed by atoms with Crippen LogP contribution in [0.25, 0.3) is 6.08 Å². The van der Waals surface area contributed by atoms with Crippen LogP contribution in [0.5, 0.6) is 0 Å². The third kappa shape index (κ3) is 3.74. The van der Waals surface area contributed by atoms with Crippen LogP contribution < -0.4 is 0 Å². The Labute approximate surface area is 171 Å². The van der Waals surface area contributed by atoms with Gasteiger partial charge in [-0.05, 0) is 42.9 Å². The normalized spacial score (nSPS) is 20.1. The third-order valence-corrected chi connectivity index (χ3v) is 7.78. The summed E-state index contributed by atoms with van der Waals surface area (Å²) in [4.78, 5) is 14.4. The van der Waals surface area contributed by atoms with Crippen molar-refractivity contribution in [3.63, 3.8) is 0 Å². The second kappa shape index (κ2) is 7.76. The third-order valence-electron chi connectivity index (χ3n) is 5.78. The van der Waals surface area contributed by atoms with Gasteiger partial charge >= 0.3 is 0 Å². The minimum Gasteiger partial charge on any atom is -0.345 e. The van der Waals surface area contributed by atoms with Gasteiger partial charge in [0.15, 0.2) is 0 Å². The lowest BCUT2D eigenvalue weighted by molar-refractivity contribution is 0.0825. The molecule has 0 radical (unpaired) electrons. The van der Waals surface area contributed by atoms with Crippen molar-refractivity contribution in [1.29, 1.82) is 0 Å². The smallest absolute Gasteiger partial charge is 0.256 e. The van der Waals surface area contributed by atoms with E-state index in [2.05, 4.69) is 10.2 Å². The Hall–Kier alpha value is -2.45. The van der Waals surface area contributed by atoms with Gasteiger partial charge < -0.3 is 4.90 Å². The van der Waals surface area contributed by atoms with Crippen LogP contribution in [0.4, 0.5) is 0 Å². The summed E-state index contributed by atoms with van der Waals surface area (Å²) < 4.78 is 28.3. The van der Waals surface area contributed by atoms with Crippen LogP contribution in [0.2, 0.25) is 0 Å². The topological polar surface area (TPSA) is 86.4 Å². The van der Waals surface area contributed by atoms with Crippen LogP contribution in [0.3, 0.4) is 0 Å². The fourth-order valence-corrected chi connectivity index (χ4v) is 5.90. The lowest BCUT2D eigenvalue weighted by Gasteiger charge is -2.33. The number of nitrogens with one attached hydrogen (secondary N) is 1. The number of aromatic amines is 1. The van der Waals surface area contributed by atoms with Gasteiger partial charge in [0, 0.05) is 33.1 Å². The van der Waals surface area contributed by atoms with Crippen LogP contribution in [0.15, 0.2) is 35.4 Å². The summed E-state index contributed by atoms with van der Waals surface area (Å²) in [6, 6.07) is 7.93. The number of rotatable bonds is 4. The van der Waals surface area contributed by atoms with Crippen molar-refractivity contribution in [2.45, 2.75) is 31.6 Å². The molecular weight excluding hydrogens is 388 g/mol. The maximum absolute atomic E-state index is 13.3. The predicted molar refractivity (Wildman–Crippen MR) is 112 cm³/mol. The SMILES string of the molecule is CN(C)C(=O)c1cn[nH]c1[C@@H]1CCCN(S(=O)(=O)C2=Cc3ccccc3CC2)C1. The molecule has 2 aliphatic rings. The maximum atomic E-state index is 13.3. The van der Waals surface area contributed by atoms with E-state index < -0.39 is 10.0 Å². The number of benzene rings is 1. The standard InChI is InChI=1S/C21H26N4O3S/c1-24(2)21(26)19-13-22-23-20(19)17-8-5-11-25(14-17)29(27,28)18-10-9-15-6-3-4-7-16(15)12-18/h3-4,6-7,12-13,17H,5,8-11,14H2,1-2H3,(H,22,23)/t17-/m1/s1. The van der Waals surface area contributed by atoms with Crippen LogP contribution >= 0.6 is 0 Å². The zero-order valence-corrected chi connectivity index (χ0v) is 17.6. The molecule has 29 heavy (non-hydrogen) atoms. The van der Waals surface area contributed by atoms with Crippen LogP contribution in [-0.4, -0.2) is 60.9 Å². The highest BCUT2D eigenvalue weighted by Crippen LogP contribution is 2.34. The molecule has 4 rings (SSSR count). The van der Waals surface area contributed by atoms with Gasteiger partial charge in [-0.15, -0.1) is 0 Å². The minimum absolute atomic E-state index is 0.0728. The molecular formula is C21H26N4O3S. The molecule has 154 valence electrons. The monoisotopic (exact) mass is 414 g/mol. The summed E-state index contributed by atoms with van der Waals surface area (Å²) in [6.07, 6.45) is 6.18. The molecule has 2 aromatic rings. The Balaban J connectivity index is 1.59. The Morgan fingerprint density at radius 3 is 2.83 bits per heavy atom. The molecule has 0 spiro atoms. The quantitative estimate of drug-likeness (QED) is 0.833.